The molecule has 2 aromatic carbocycles. The molecule has 1 unspecified atom stereocenters. The number of nitrogens with zero attached hydrogens (tertiary/aromatic N) is 3. The number of carbonyl (C=O) groups excluding carboxylic acids is 1. The number of hydrogen-bond acceptors (Lipinski definition) is 5. The van der Waals surface area contributed by atoms with Gasteiger partial charge < -0.3 is 10.6 Å². The van der Waals surface area contributed by atoms with Crippen molar-refractivity contribution < 1.29 is 13.2 Å². The van der Waals surface area contributed by atoms with Crippen LogP contribution in [0.4, 0.5) is 10.5 Å². The van der Waals surface area contributed by atoms with Crippen LogP contribution in [-0.4, -0.2) is 47.5 Å². The third-order valence-corrected chi connectivity index (χ3v) is 6.33. The molecule has 0 radical (unpaired) electrons. The van der Waals surface area contributed by atoms with E-state index in [0.29, 0.717) is 17.3 Å². The molecule has 1 heterocycles. The second kappa shape index (κ2) is 9.54. The lowest BCUT2D eigenvalue weighted by Gasteiger charge is -2.17. The van der Waals surface area contributed by atoms with Crippen LogP contribution >= 0.6 is 0 Å². The van der Waals surface area contributed by atoms with Gasteiger partial charge in [-0.1, -0.05) is 36.4 Å². The number of likely N-dealkylation sites (N-methyl/N-ethyl adjacent to an activating group) is 1. The lowest BCUT2D eigenvalue weighted by atomic mass is 10.1. The summed E-state index contributed by atoms with van der Waals surface area (Å²) in [4.78, 5) is 17.1. The number of benzene rings is 2. The predicted molar refractivity (Wildman–Crippen MR) is 118 cm³/mol. The maximum atomic E-state index is 12.6. The maximum absolute atomic E-state index is 12.6. The van der Waals surface area contributed by atoms with E-state index in [1.165, 1.54) is 41.7 Å². The van der Waals surface area contributed by atoms with Crippen LogP contribution in [0.3, 0.4) is 0 Å². The van der Waals surface area contributed by atoms with Crippen LogP contribution in [0, 0.1) is 6.92 Å². The molecule has 162 valence electrons. The molecule has 0 spiro atoms. The average molecular weight is 441 g/mol. The van der Waals surface area contributed by atoms with E-state index in [-0.39, 0.29) is 11.4 Å². The Hall–Kier alpha value is -3.50. The van der Waals surface area contributed by atoms with Gasteiger partial charge in [0.15, 0.2) is 5.82 Å². The van der Waals surface area contributed by atoms with Crippen molar-refractivity contribution in [2.45, 2.75) is 17.9 Å². The number of urea groups is 1. The van der Waals surface area contributed by atoms with Crippen molar-refractivity contribution in [3.63, 3.8) is 0 Å². The Balaban J connectivity index is 1.73. The van der Waals surface area contributed by atoms with Crippen LogP contribution in [-0.2, 0) is 10.0 Å². The molecule has 31 heavy (non-hydrogen) atoms. The van der Waals surface area contributed by atoms with Gasteiger partial charge in [-0.2, -0.15) is 9.40 Å². The summed E-state index contributed by atoms with van der Waals surface area (Å²) in [6, 6.07) is 14.3. The van der Waals surface area contributed by atoms with Gasteiger partial charge in [-0.05, 0) is 36.8 Å². The summed E-state index contributed by atoms with van der Waals surface area (Å²) < 4.78 is 26.1. The second-order valence-corrected chi connectivity index (χ2v) is 8.86. The van der Waals surface area contributed by atoms with Crippen LogP contribution in [0.5, 0.6) is 0 Å². The van der Waals surface area contributed by atoms with Gasteiger partial charge in [0.05, 0.1) is 4.90 Å². The standard InChI is InChI=1S/C21H24N6O3S/c1-4-14-27(3)31(29,30)18-12-10-17(11-13-18)23-21(28)24-19(16-8-6-5-7-9-16)20-22-15(2)25-26-20/h4-13,19H,1,14H2,2-3H3,(H,22,25,26)(H2,23,24,28). The van der Waals surface area contributed by atoms with E-state index in [0.717, 1.165) is 5.56 Å². The van der Waals surface area contributed by atoms with E-state index >= 15 is 0 Å². The summed E-state index contributed by atoms with van der Waals surface area (Å²) >= 11 is 0. The lowest BCUT2D eigenvalue weighted by Crippen LogP contribution is -2.33. The number of H-pyrrole nitrogens is 1. The minimum Gasteiger partial charge on any atom is -0.324 e. The molecule has 9 nitrogen and oxygen atoms in total. The first-order valence-electron chi connectivity index (χ1n) is 9.50. The number of hydrogen-bond donors (Lipinski definition) is 3. The summed E-state index contributed by atoms with van der Waals surface area (Å²) in [5.41, 5.74) is 1.27. The van der Waals surface area contributed by atoms with Crippen LogP contribution in [0.15, 0.2) is 72.1 Å². The van der Waals surface area contributed by atoms with Crippen molar-refractivity contribution in [2.75, 3.05) is 18.9 Å². The average Bonchev–Trinajstić information content (AvgIpc) is 3.19. The third kappa shape index (κ3) is 5.36. The molecule has 0 aliphatic carbocycles. The number of carbonyl (C=O) groups is 1. The van der Waals surface area contributed by atoms with Gasteiger partial charge >= 0.3 is 6.03 Å². The van der Waals surface area contributed by atoms with Crippen LogP contribution in [0.2, 0.25) is 0 Å². The van der Waals surface area contributed by atoms with Gasteiger partial charge in [0.2, 0.25) is 10.0 Å². The maximum Gasteiger partial charge on any atom is 0.320 e. The molecule has 10 heteroatoms. The van der Waals surface area contributed by atoms with Gasteiger partial charge in [0.1, 0.15) is 11.9 Å². The monoisotopic (exact) mass is 440 g/mol. The molecule has 0 bridgehead atoms. The predicted octanol–water partition coefficient (Wildman–Crippen LogP) is 2.83. The highest BCUT2D eigenvalue weighted by molar-refractivity contribution is 7.89. The Labute approximate surface area is 181 Å². The van der Waals surface area contributed by atoms with Gasteiger partial charge in [-0.15, -0.1) is 6.58 Å². The van der Waals surface area contributed by atoms with E-state index in [2.05, 4.69) is 32.4 Å². The zero-order chi connectivity index (χ0) is 22.4. The first-order valence-corrected chi connectivity index (χ1v) is 10.9. The number of aromatic nitrogens is 3. The van der Waals surface area contributed by atoms with E-state index in [4.69, 9.17) is 0 Å². The Kier molecular flexibility index (Phi) is 6.83. The third-order valence-electron chi connectivity index (χ3n) is 4.49. The fraction of sp³-hybridized carbons (Fsp3) is 0.190. The first-order chi connectivity index (χ1) is 14.8. The van der Waals surface area contributed by atoms with Crippen molar-refractivity contribution in [3.05, 3.63) is 84.5 Å². The zero-order valence-corrected chi connectivity index (χ0v) is 18.1. The summed E-state index contributed by atoms with van der Waals surface area (Å²) in [6.07, 6.45) is 1.51. The van der Waals surface area contributed by atoms with Crippen molar-refractivity contribution in [2.24, 2.45) is 0 Å². The van der Waals surface area contributed by atoms with Crippen molar-refractivity contribution in [3.8, 4) is 0 Å². The van der Waals surface area contributed by atoms with Crippen molar-refractivity contribution >= 4 is 21.7 Å². The Morgan fingerprint density at radius 1 is 1.19 bits per heavy atom. The Morgan fingerprint density at radius 3 is 2.45 bits per heavy atom. The summed E-state index contributed by atoms with van der Waals surface area (Å²) in [7, 11) is -2.14. The minimum absolute atomic E-state index is 0.126. The highest BCUT2D eigenvalue weighted by Crippen LogP contribution is 2.20. The molecule has 0 saturated carbocycles. The molecular formula is C21H24N6O3S. The molecule has 1 atom stereocenters. The highest BCUT2D eigenvalue weighted by atomic mass is 32.2. The normalized spacial score (nSPS) is 12.4. The molecule has 3 N–H and O–H groups in total. The molecule has 1 aromatic heterocycles. The van der Waals surface area contributed by atoms with Gasteiger partial charge in [0.25, 0.3) is 0 Å². The molecule has 3 aromatic rings. The molecule has 0 aliphatic rings. The van der Waals surface area contributed by atoms with E-state index in [9.17, 15) is 13.2 Å². The lowest BCUT2D eigenvalue weighted by molar-refractivity contribution is 0.249. The minimum atomic E-state index is -3.62. The first kappa shape index (κ1) is 22.2. The number of anilines is 1. The fourth-order valence-electron chi connectivity index (χ4n) is 2.90. The Morgan fingerprint density at radius 2 is 1.87 bits per heavy atom. The molecular weight excluding hydrogens is 416 g/mol. The van der Waals surface area contributed by atoms with Gasteiger partial charge in [-0.25, -0.2) is 18.2 Å². The number of nitrogens with one attached hydrogen (secondary N) is 3. The number of aromatic amines is 1. The topological polar surface area (TPSA) is 120 Å². The van der Waals surface area contributed by atoms with Gasteiger partial charge in [0, 0.05) is 19.3 Å². The summed E-state index contributed by atoms with van der Waals surface area (Å²) in [6.45, 7) is 5.53. The van der Waals surface area contributed by atoms with Crippen LogP contribution in [0.25, 0.3) is 0 Å². The largest absolute Gasteiger partial charge is 0.324 e. The number of amides is 2. The summed E-state index contributed by atoms with van der Waals surface area (Å²) in [5.74, 6) is 1.07. The fourth-order valence-corrected chi connectivity index (χ4v) is 4.04. The van der Waals surface area contributed by atoms with E-state index in [1.54, 1.807) is 6.92 Å². The molecule has 0 aliphatic heterocycles. The molecule has 0 fully saturated rings. The zero-order valence-electron chi connectivity index (χ0n) is 17.2. The molecule has 3 rings (SSSR count). The van der Waals surface area contributed by atoms with Crippen LogP contribution in [0.1, 0.15) is 23.3 Å². The molecule has 2 amide bonds. The smallest absolute Gasteiger partial charge is 0.320 e. The SMILES string of the molecule is C=CCN(C)S(=O)(=O)c1ccc(NC(=O)NC(c2ccccc2)c2n[nH]c(C)n2)cc1. The van der Waals surface area contributed by atoms with Gasteiger partial charge in [-0.3, -0.25) is 5.10 Å². The number of sulfonamides is 1. The van der Waals surface area contributed by atoms with E-state index < -0.39 is 22.1 Å². The number of aryl methyl sites for hydroxylation is 1. The van der Waals surface area contributed by atoms with Crippen molar-refractivity contribution in [1.82, 2.24) is 24.8 Å². The number of rotatable bonds is 8. The summed E-state index contributed by atoms with van der Waals surface area (Å²) in [5, 5.41) is 12.5. The quantitative estimate of drug-likeness (QED) is 0.465. The Bertz CT molecular complexity index is 1140. The van der Waals surface area contributed by atoms with Crippen LogP contribution < -0.4 is 10.6 Å². The van der Waals surface area contributed by atoms with E-state index in [1.807, 2.05) is 30.3 Å². The second-order valence-electron chi connectivity index (χ2n) is 6.82. The molecule has 0 saturated heterocycles. The van der Waals surface area contributed by atoms with Crippen molar-refractivity contribution in [1.29, 1.82) is 0 Å². The highest BCUT2D eigenvalue weighted by Gasteiger charge is 2.22.